The molecule has 0 spiro atoms. The van der Waals surface area contributed by atoms with Crippen LogP contribution < -0.4 is 10.9 Å². The third-order valence-electron chi connectivity index (χ3n) is 6.97. The van der Waals surface area contributed by atoms with Crippen LogP contribution in [0.2, 0.25) is 0 Å². The summed E-state index contributed by atoms with van der Waals surface area (Å²) < 4.78 is 25.1. The lowest BCUT2D eigenvalue weighted by Gasteiger charge is -2.32. The van der Waals surface area contributed by atoms with Crippen molar-refractivity contribution in [3.05, 3.63) is 36.4 Å². The molecule has 2 aliphatic rings. The Bertz CT molecular complexity index is 888. The van der Waals surface area contributed by atoms with Gasteiger partial charge in [0.1, 0.15) is 0 Å². The van der Waals surface area contributed by atoms with Crippen molar-refractivity contribution in [2.45, 2.75) is 77.8 Å². The molecule has 0 bridgehead atoms. The second kappa shape index (κ2) is 6.08. The minimum Gasteiger partial charge on any atom is -0.399 e. The highest BCUT2D eigenvalue weighted by Crippen LogP contribution is 2.38. The van der Waals surface area contributed by atoms with Gasteiger partial charge in [0.15, 0.2) is 0 Å². The summed E-state index contributed by atoms with van der Waals surface area (Å²) in [6, 6.07) is 12.6. The standard InChI is InChI=1S/C22H30B2O4/c1-19(2)20(3,4)26-23(25-19)16-13-12-15-10-9-11-18(17(15)14-16)24-27-21(5,6)22(7,8)28-24/h9-14H,1-8H3. The average Bonchev–Trinajstić information content (AvgIpc) is 2.93. The Hall–Kier alpha value is -1.33. The van der Waals surface area contributed by atoms with Crippen molar-refractivity contribution in [1.82, 2.24) is 0 Å². The number of fused-ring (bicyclic) bond motifs is 1. The van der Waals surface area contributed by atoms with Gasteiger partial charge in [-0.1, -0.05) is 36.4 Å². The first-order valence-corrected chi connectivity index (χ1v) is 10.1. The molecule has 4 nitrogen and oxygen atoms in total. The third kappa shape index (κ3) is 3.02. The first-order chi connectivity index (χ1) is 12.8. The topological polar surface area (TPSA) is 36.9 Å². The van der Waals surface area contributed by atoms with Gasteiger partial charge in [0.2, 0.25) is 0 Å². The summed E-state index contributed by atoms with van der Waals surface area (Å²) in [5.41, 5.74) is 0.576. The van der Waals surface area contributed by atoms with E-state index < -0.39 is 7.12 Å². The predicted molar refractivity (Wildman–Crippen MR) is 115 cm³/mol. The molecule has 28 heavy (non-hydrogen) atoms. The molecule has 6 heteroatoms. The molecule has 0 aromatic heterocycles. The molecular formula is C22H30B2O4. The molecule has 0 aliphatic carbocycles. The summed E-state index contributed by atoms with van der Waals surface area (Å²) in [6.07, 6.45) is 0. The zero-order chi connectivity index (χ0) is 20.5. The number of benzene rings is 2. The van der Waals surface area contributed by atoms with E-state index in [1.54, 1.807) is 0 Å². The third-order valence-corrected chi connectivity index (χ3v) is 6.97. The molecule has 0 atom stereocenters. The molecule has 0 saturated carbocycles. The van der Waals surface area contributed by atoms with Gasteiger partial charge in [-0.3, -0.25) is 0 Å². The molecule has 4 rings (SSSR count). The molecule has 148 valence electrons. The maximum absolute atomic E-state index is 6.31. The van der Waals surface area contributed by atoms with Crippen LogP contribution in [0.1, 0.15) is 55.4 Å². The van der Waals surface area contributed by atoms with Gasteiger partial charge >= 0.3 is 14.2 Å². The van der Waals surface area contributed by atoms with Crippen LogP contribution in [-0.2, 0) is 18.6 Å². The smallest absolute Gasteiger partial charge is 0.399 e. The second-order valence-electron chi connectivity index (χ2n) is 10.0. The van der Waals surface area contributed by atoms with Crippen molar-refractivity contribution in [1.29, 1.82) is 0 Å². The average molecular weight is 380 g/mol. The summed E-state index contributed by atoms with van der Waals surface area (Å²) in [5.74, 6) is 0. The molecule has 0 unspecified atom stereocenters. The minimum atomic E-state index is -0.401. The van der Waals surface area contributed by atoms with E-state index in [0.29, 0.717) is 0 Å². The highest BCUT2D eigenvalue weighted by atomic mass is 16.7. The van der Waals surface area contributed by atoms with E-state index in [9.17, 15) is 0 Å². The van der Waals surface area contributed by atoms with E-state index >= 15 is 0 Å². The summed E-state index contributed by atoms with van der Waals surface area (Å²) in [6.45, 7) is 16.6. The minimum absolute atomic E-state index is 0.363. The largest absolute Gasteiger partial charge is 0.495 e. The first-order valence-electron chi connectivity index (χ1n) is 10.1. The molecule has 2 aliphatic heterocycles. The zero-order valence-electron chi connectivity index (χ0n) is 18.3. The normalized spacial score (nSPS) is 24.9. The zero-order valence-corrected chi connectivity index (χ0v) is 18.3. The van der Waals surface area contributed by atoms with Gasteiger partial charge in [-0.2, -0.15) is 0 Å². The van der Waals surface area contributed by atoms with Crippen molar-refractivity contribution in [2.75, 3.05) is 0 Å². The lowest BCUT2D eigenvalue weighted by Crippen LogP contribution is -2.41. The molecule has 0 amide bonds. The maximum Gasteiger partial charge on any atom is 0.495 e. The van der Waals surface area contributed by atoms with Crippen LogP contribution in [0.4, 0.5) is 0 Å². The highest BCUT2D eigenvalue weighted by molar-refractivity contribution is 6.66. The molecule has 0 radical (unpaired) electrons. The predicted octanol–water partition coefficient (Wildman–Crippen LogP) is 3.44. The fourth-order valence-electron chi connectivity index (χ4n) is 3.62. The van der Waals surface area contributed by atoms with E-state index in [1.165, 1.54) is 0 Å². The lowest BCUT2D eigenvalue weighted by atomic mass is 9.73. The number of hydrogen-bond donors (Lipinski definition) is 0. The van der Waals surface area contributed by atoms with Crippen LogP contribution in [0.15, 0.2) is 36.4 Å². The van der Waals surface area contributed by atoms with Gasteiger partial charge in [-0.15, -0.1) is 0 Å². The van der Waals surface area contributed by atoms with Crippen molar-refractivity contribution in [2.24, 2.45) is 0 Å². The van der Waals surface area contributed by atoms with Crippen LogP contribution in [-0.4, -0.2) is 36.6 Å². The molecule has 2 saturated heterocycles. The van der Waals surface area contributed by atoms with E-state index in [0.717, 1.165) is 21.7 Å². The van der Waals surface area contributed by atoms with E-state index in [1.807, 2.05) is 0 Å². The van der Waals surface area contributed by atoms with Crippen LogP contribution >= 0.6 is 0 Å². The summed E-state index contributed by atoms with van der Waals surface area (Å²) in [5, 5.41) is 2.25. The van der Waals surface area contributed by atoms with Gasteiger partial charge in [0.05, 0.1) is 22.4 Å². The van der Waals surface area contributed by atoms with Gasteiger partial charge in [-0.05, 0) is 77.1 Å². The van der Waals surface area contributed by atoms with E-state index in [2.05, 4.69) is 91.8 Å². The van der Waals surface area contributed by atoms with Crippen LogP contribution in [0.5, 0.6) is 0 Å². The van der Waals surface area contributed by atoms with Crippen LogP contribution in [0, 0.1) is 0 Å². The molecule has 0 N–H and O–H groups in total. The van der Waals surface area contributed by atoms with Gasteiger partial charge in [-0.25, -0.2) is 0 Å². The van der Waals surface area contributed by atoms with Crippen molar-refractivity contribution in [3.8, 4) is 0 Å². The van der Waals surface area contributed by atoms with Crippen molar-refractivity contribution in [3.63, 3.8) is 0 Å². The van der Waals surface area contributed by atoms with Gasteiger partial charge in [0, 0.05) is 0 Å². The maximum atomic E-state index is 6.31. The molecule has 2 aromatic rings. The van der Waals surface area contributed by atoms with Gasteiger partial charge in [0.25, 0.3) is 0 Å². The molecular weight excluding hydrogens is 350 g/mol. The fourth-order valence-corrected chi connectivity index (χ4v) is 3.62. The Morgan fingerprint density at radius 2 is 1.11 bits per heavy atom. The quantitative estimate of drug-likeness (QED) is 0.749. The Kier molecular flexibility index (Phi) is 4.34. The number of rotatable bonds is 2. The SMILES string of the molecule is CC1(C)OB(c2ccc3cccc(B4OC(C)(C)C(C)(C)O4)c3c2)OC1(C)C. The highest BCUT2D eigenvalue weighted by Gasteiger charge is 2.53. The summed E-state index contributed by atoms with van der Waals surface area (Å²) >= 11 is 0. The Morgan fingerprint density at radius 3 is 1.64 bits per heavy atom. The number of hydrogen-bond acceptors (Lipinski definition) is 4. The Balaban J connectivity index is 1.74. The molecule has 2 heterocycles. The fraction of sp³-hybridized carbons (Fsp3) is 0.545. The van der Waals surface area contributed by atoms with E-state index in [4.69, 9.17) is 18.6 Å². The monoisotopic (exact) mass is 380 g/mol. The van der Waals surface area contributed by atoms with Crippen molar-refractivity contribution >= 4 is 35.9 Å². The Morgan fingerprint density at radius 1 is 0.607 bits per heavy atom. The summed E-state index contributed by atoms with van der Waals surface area (Å²) in [4.78, 5) is 0. The molecule has 2 aromatic carbocycles. The van der Waals surface area contributed by atoms with Crippen LogP contribution in [0.3, 0.4) is 0 Å². The second-order valence-corrected chi connectivity index (χ2v) is 10.0. The lowest BCUT2D eigenvalue weighted by molar-refractivity contribution is 0.00578. The Labute approximate surface area is 169 Å². The summed E-state index contributed by atoms with van der Waals surface area (Å²) in [7, 11) is -0.789. The van der Waals surface area contributed by atoms with Crippen LogP contribution in [0.25, 0.3) is 10.8 Å². The molecule has 2 fully saturated rings. The van der Waals surface area contributed by atoms with E-state index in [-0.39, 0.29) is 29.5 Å². The van der Waals surface area contributed by atoms with Gasteiger partial charge < -0.3 is 18.6 Å². The van der Waals surface area contributed by atoms with Crippen molar-refractivity contribution < 1.29 is 18.6 Å². The first kappa shape index (κ1) is 20.0.